The Balaban J connectivity index is 2.43. The fourth-order valence-corrected chi connectivity index (χ4v) is 1.46. The van der Waals surface area contributed by atoms with Gasteiger partial charge in [0.1, 0.15) is 0 Å². The van der Waals surface area contributed by atoms with Crippen molar-refractivity contribution in [3.05, 3.63) is 12.7 Å². The number of hydrogen-bond acceptors (Lipinski definition) is 3. The Morgan fingerprint density at radius 1 is 1.85 bits per heavy atom. The molecule has 1 aliphatic rings. The summed E-state index contributed by atoms with van der Waals surface area (Å²) in [7, 11) is 0. The van der Waals surface area contributed by atoms with Crippen LogP contribution in [-0.4, -0.2) is 41.1 Å². The van der Waals surface area contributed by atoms with Gasteiger partial charge in [-0.15, -0.1) is 6.58 Å². The Hall–Kier alpha value is -0.870. The Kier molecular flexibility index (Phi) is 3.45. The molecule has 1 saturated heterocycles. The number of rotatable bonds is 3. The largest absolute Gasteiger partial charge is 0.391 e. The van der Waals surface area contributed by atoms with Crippen LogP contribution in [0.25, 0.3) is 0 Å². The normalized spacial score (nSPS) is 24.5. The first-order valence-electron chi connectivity index (χ1n) is 4.48. The number of β-amino-alcohol motifs (C(OH)–C–C–N with tert-alkyl or cyclic N) is 1. The number of aliphatic hydroxyl groups excluding tert-OH is 1. The van der Waals surface area contributed by atoms with Crippen molar-refractivity contribution in [2.45, 2.75) is 25.0 Å². The van der Waals surface area contributed by atoms with Crippen molar-refractivity contribution in [2.24, 2.45) is 5.73 Å². The van der Waals surface area contributed by atoms with Gasteiger partial charge in [0.15, 0.2) is 0 Å². The van der Waals surface area contributed by atoms with E-state index in [9.17, 15) is 9.90 Å². The zero-order valence-electron chi connectivity index (χ0n) is 7.65. The fourth-order valence-electron chi connectivity index (χ4n) is 1.46. The summed E-state index contributed by atoms with van der Waals surface area (Å²) in [5, 5.41) is 9.21. The van der Waals surface area contributed by atoms with Crippen LogP contribution in [0.5, 0.6) is 0 Å². The van der Waals surface area contributed by atoms with Gasteiger partial charge in [-0.3, -0.25) is 4.79 Å². The molecule has 0 bridgehead atoms. The molecule has 1 rings (SSSR count). The molecule has 0 saturated carbocycles. The highest BCUT2D eigenvalue weighted by Gasteiger charge is 2.27. The molecule has 0 aromatic heterocycles. The van der Waals surface area contributed by atoms with Crippen LogP contribution in [0.1, 0.15) is 12.8 Å². The highest BCUT2D eigenvalue weighted by molar-refractivity contribution is 5.82. The third kappa shape index (κ3) is 2.54. The highest BCUT2D eigenvalue weighted by Crippen LogP contribution is 2.10. The number of hydrogen-bond donors (Lipinski definition) is 2. The fraction of sp³-hybridized carbons (Fsp3) is 0.667. The van der Waals surface area contributed by atoms with E-state index in [0.29, 0.717) is 25.9 Å². The lowest BCUT2D eigenvalue weighted by Gasteiger charge is -2.19. The molecule has 1 heterocycles. The van der Waals surface area contributed by atoms with Gasteiger partial charge < -0.3 is 15.7 Å². The summed E-state index contributed by atoms with van der Waals surface area (Å²) in [4.78, 5) is 13.1. The first kappa shape index (κ1) is 10.2. The van der Waals surface area contributed by atoms with Crippen molar-refractivity contribution in [2.75, 3.05) is 13.1 Å². The maximum Gasteiger partial charge on any atom is 0.239 e. The summed E-state index contributed by atoms with van der Waals surface area (Å²) in [6.07, 6.45) is 2.41. The van der Waals surface area contributed by atoms with Crippen molar-refractivity contribution in [1.29, 1.82) is 0 Å². The number of nitrogens with two attached hydrogens (primary N) is 1. The first-order chi connectivity index (χ1) is 6.15. The number of nitrogens with zero attached hydrogens (tertiary/aromatic N) is 1. The molecule has 0 aromatic rings. The molecule has 2 atom stereocenters. The predicted molar refractivity (Wildman–Crippen MR) is 50.0 cm³/mol. The summed E-state index contributed by atoms with van der Waals surface area (Å²) in [5.74, 6) is -0.0866. The van der Waals surface area contributed by atoms with Gasteiger partial charge in [-0.2, -0.15) is 0 Å². The number of carbonyl (C=O) groups excluding carboxylic acids is 1. The van der Waals surface area contributed by atoms with Crippen molar-refractivity contribution in [3.63, 3.8) is 0 Å². The third-order valence-electron chi connectivity index (χ3n) is 2.21. The number of carbonyl (C=O) groups is 1. The SMILES string of the molecule is C=CCC(N)C(=O)N1CC[C@H](O)C1. The molecule has 0 aromatic carbocycles. The van der Waals surface area contributed by atoms with Crippen LogP contribution in [0.4, 0.5) is 0 Å². The average Bonchev–Trinajstić information content (AvgIpc) is 2.51. The quantitative estimate of drug-likeness (QED) is 0.580. The second kappa shape index (κ2) is 4.39. The third-order valence-corrected chi connectivity index (χ3v) is 2.21. The van der Waals surface area contributed by atoms with Crippen molar-refractivity contribution in [1.82, 2.24) is 4.90 Å². The van der Waals surface area contributed by atoms with Crippen LogP contribution in [0.3, 0.4) is 0 Å². The average molecular weight is 184 g/mol. The minimum atomic E-state index is -0.497. The monoisotopic (exact) mass is 184 g/mol. The minimum Gasteiger partial charge on any atom is -0.391 e. The smallest absolute Gasteiger partial charge is 0.239 e. The molecule has 1 amide bonds. The maximum absolute atomic E-state index is 11.5. The van der Waals surface area contributed by atoms with Crippen LogP contribution in [-0.2, 0) is 4.79 Å². The van der Waals surface area contributed by atoms with E-state index in [1.807, 2.05) is 0 Å². The number of likely N-dealkylation sites (tertiary alicyclic amines) is 1. The summed E-state index contributed by atoms with van der Waals surface area (Å²) in [5.41, 5.74) is 5.61. The predicted octanol–water partition coefficient (Wildman–Crippen LogP) is -0.517. The summed E-state index contributed by atoms with van der Waals surface area (Å²) in [6.45, 7) is 4.56. The van der Waals surface area contributed by atoms with Gasteiger partial charge in [-0.25, -0.2) is 0 Å². The Morgan fingerprint density at radius 2 is 2.54 bits per heavy atom. The van der Waals surface area contributed by atoms with E-state index in [1.165, 1.54) is 0 Å². The van der Waals surface area contributed by atoms with Gasteiger partial charge in [0, 0.05) is 13.1 Å². The molecular formula is C9H16N2O2. The standard InChI is InChI=1S/C9H16N2O2/c1-2-3-8(10)9(13)11-5-4-7(12)6-11/h2,7-8,12H,1,3-6,10H2/t7-,8?/m0/s1. The molecule has 13 heavy (non-hydrogen) atoms. The van der Waals surface area contributed by atoms with Gasteiger partial charge >= 0.3 is 0 Å². The zero-order valence-corrected chi connectivity index (χ0v) is 7.65. The molecule has 3 N–H and O–H groups in total. The van der Waals surface area contributed by atoms with Crippen molar-refractivity contribution >= 4 is 5.91 Å². The van der Waals surface area contributed by atoms with Crippen molar-refractivity contribution in [3.8, 4) is 0 Å². The second-order valence-electron chi connectivity index (χ2n) is 3.36. The lowest BCUT2D eigenvalue weighted by molar-refractivity contribution is -0.131. The van der Waals surface area contributed by atoms with Crippen molar-refractivity contribution < 1.29 is 9.90 Å². The highest BCUT2D eigenvalue weighted by atomic mass is 16.3. The van der Waals surface area contributed by atoms with Gasteiger partial charge in [0.25, 0.3) is 0 Å². The van der Waals surface area contributed by atoms with Crippen LogP contribution < -0.4 is 5.73 Å². The van der Waals surface area contributed by atoms with E-state index in [4.69, 9.17) is 5.73 Å². The molecule has 0 aliphatic carbocycles. The van der Waals surface area contributed by atoms with Gasteiger partial charge in [-0.1, -0.05) is 6.08 Å². The first-order valence-corrected chi connectivity index (χ1v) is 4.48. The lowest BCUT2D eigenvalue weighted by Crippen LogP contribution is -2.42. The molecule has 1 unspecified atom stereocenters. The summed E-state index contributed by atoms with van der Waals surface area (Å²) in [6, 6.07) is -0.497. The Labute approximate surface area is 78.0 Å². The summed E-state index contributed by atoms with van der Waals surface area (Å²) < 4.78 is 0. The van der Waals surface area contributed by atoms with E-state index in [0.717, 1.165) is 0 Å². The van der Waals surface area contributed by atoms with Crippen LogP contribution in [0, 0.1) is 0 Å². The Morgan fingerprint density at radius 3 is 3.00 bits per heavy atom. The lowest BCUT2D eigenvalue weighted by atomic mass is 10.2. The summed E-state index contributed by atoms with van der Waals surface area (Å²) >= 11 is 0. The molecule has 74 valence electrons. The van der Waals surface area contributed by atoms with Crippen LogP contribution in [0.15, 0.2) is 12.7 Å². The molecule has 0 spiro atoms. The number of aliphatic hydroxyl groups is 1. The van der Waals surface area contributed by atoms with E-state index < -0.39 is 6.04 Å². The maximum atomic E-state index is 11.5. The second-order valence-corrected chi connectivity index (χ2v) is 3.36. The minimum absolute atomic E-state index is 0.0866. The van der Waals surface area contributed by atoms with E-state index in [-0.39, 0.29) is 12.0 Å². The van der Waals surface area contributed by atoms with Crippen LogP contribution >= 0.6 is 0 Å². The zero-order chi connectivity index (χ0) is 9.84. The molecule has 4 nitrogen and oxygen atoms in total. The number of amides is 1. The van der Waals surface area contributed by atoms with E-state index >= 15 is 0 Å². The van der Waals surface area contributed by atoms with Crippen LogP contribution in [0.2, 0.25) is 0 Å². The van der Waals surface area contributed by atoms with Gasteiger partial charge in [-0.05, 0) is 12.8 Å². The molecule has 4 heteroatoms. The topological polar surface area (TPSA) is 66.6 Å². The van der Waals surface area contributed by atoms with Gasteiger partial charge in [0.2, 0.25) is 5.91 Å². The van der Waals surface area contributed by atoms with E-state index in [1.54, 1.807) is 11.0 Å². The molecule has 1 fully saturated rings. The molecule has 0 radical (unpaired) electrons. The Bertz CT molecular complexity index is 206. The molecular weight excluding hydrogens is 168 g/mol. The van der Waals surface area contributed by atoms with Gasteiger partial charge in [0.05, 0.1) is 12.1 Å². The van der Waals surface area contributed by atoms with E-state index in [2.05, 4.69) is 6.58 Å². The molecule has 1 aliphatic heterocycles.